The molecular formula is C13H16ClN5O. The van der Waals surface area contributed by atoms with Gasteiger partial charge in [0.15, 0.2) is 11.0 Å². The molecule has 2 N–H and O–H groups in total. The second kappa shape index (κ2) is 6.38. The molecule has 0 saturated carbocycles. The van der Waals surface area contributed by atoms with Crippen molar-refractivity contribution in [2.24, 2.45) is 0 Å². The average Bonchev–Trinajstić information content (AvgIpc) is 2.45. The molecular weight excluding hydrogens is 278 g/mol. The van der Waals surface area contributed by atoms with Crippen LogP contribution < -0.4 is 10.6 Å². The van der Waals surface area contributed by atoms with Crippen LogP contribution in [0.3, 0.4) is 0 Å². The molecule has 0 aliphatic heterocycles. The Morgan fingerprint density at radius 1 is 1.20 bits per heavy atom. The number of urea groups is 1. The predicted molar refractivity (Wildman–Crippen MR) is 80.1 cm³/mol. The van der Waals surface area contributed by atoms with E-state index in [-0.39, 0.29) is 6.03 Å². The van der Waals surface area contributed by atoms with Crippen LogP contribution in [0.2, 0.25) is 5.15 Å². The number of halogens is 1. The molecule has 1 aromatic heterocycles. The highest BCUT2D eigenvalue weighted by Gasteiger charge is 2.07. The van der Waals surface area contributed by atoms with Gasteiger partial charge in [-0.05, 0) is 0 Å². The van der Waals surface area contributed by atoms with Crippen molar-refractivity contribution in [3.63, 3.8) is 0 Å². The zero-order chi connectivity index (χ0) is 14.5. The molecule has 0 bridgehead atoms. The third-order valence-corrected chi connectivity index (χ3v) is 3.02. The molecule has 7 heteroatoms. The van der Waals surface area contributed by atoms with E-state index in [0.29, 0.717) is 24.1 Å². The summed E-state index contributed by atoms with van der Waals surface area (Å²) in [5.74, 6) is 0.657. The molecule has 2 aromatic rings. The van der Waals surface area contributed by atoms with Crippen molar-refractivity contribution in [2.75, 3.05) is 32.5 Å². The van der Waals surface area contributed by atoms with E-state index in [4.69, 9.17) is 11.6 Å². The monoisotopic (exact) mass is 293 g/mol. The minimum atomic E-state index is -0.126. The number of nitrogens with one attached hydrogen (secondary N) is 2. The minimum absolute atomic E-state index is 0.126. The summed E-state index contributed by atoms with van der Waals surface area (Å²) in [5.41, 5.74) is 0. The molecule has 0 spiro atoms. The molecule has 0 saturated heterocycles. The third kappa shape index (κ3) is 3.27. The fourth-order valence-electron chi connectivity index (χ4n) is 1.71. The van der Waals surface area contributed by atoms with Crippen molar-refractivity contribution in [3.8, 4) is 0 Å². The third-order valence-electron chi connectivity index (χ3n) is 2.74. The maximum Gasteiger partial charge on any atom is 0.316 e. The number of amides is 2. The first-order valence-corrected chi connectivity index (χ1v) is 6.57. The number of hydrogen-bond donors (Lipinski definition) is 2. The quantitative estimate of drug-likeness (QED) is 0.846. The molecule has 2 amide bonds. The molecule has 0 aliphatic carbocycles. The maximum absolute atomic E-state index is 11.4. The van der Waals surface area contributed by atoms with Gasteiger partial charge >= 0.3 is 6.03 Å². The van der Waals surface area contributed by atoms with Gasteiger partial charge in [0.25, 0.3) is 0 Å². The Hall–Kier alpha value is -2.08. The number of nitrogens with zero attached hydrogens (tertiary/aromatic N) is 3. The first-order valence-electron chi connectivity index (χ1n) is 6.19. The lowest BCUT2D eigenvalue weighted by Crippen LogP contribution is -2.37. The zero-order valence-electron chi connectivity index (χ0n) is 11.4. The largest absolute Gasteiger partial charge is 0.366 e. The second-order valence-corrected chi connectivity index (χ2v) is 4.80. The summed E-state index contributed by atoms with van der Waals surface area (Å²) in [4.78, 5) is 12.8. The lowest BCUT2D eigenvalue weighted by molar-refractivity contribution is 0.218. The number of carbonyl (C=O) groups is 1. The van der Waals surface area contributed by atoms with Gasteiger partial charge in [-0.1, -0.05) is 35.9 Å². The van der Waals surface area contributed by atoms with Crippen molar-refractivity contribution in [1.29, 1.82) is 0 Å². The maximum atomic E-state index is 11.4. The number of aromatic nitrogens is 2. The minimum Gasteiger partial charge on any atom is -0.366 e. The lowest BCUT2D eigenvalue weighted by Gasteiger charge is -2.13. The van der Waals surface area contributed by atoms with E-state index in [1.807, 2.05) is 24.3 Å². The zero-order valence-corrected chi connectivity index (χ0v) is 12.1. The first-order chi connectivity index (χ1) is 9.59. The molecule has 6 nitrogen and oxygen atoms in total. The van der Waals surface area contributed by atoms with Crippen molar-refractivity contribution in [3.05, 3.63) is 29.4 Å². The molecule has 0 unspecified atom stereocenters. The van der Waals surface area contributed by atoms with Crippen LogP contribution in [0.4, 0.5) is 10.6 Å². The van der Waals surface area contributed by atoms with Gasteiger partial charge in [0.2, 0.25) is 0 Å². The normalized spacial score (nSPS) is 10.3. The van der Waals surface area contributed by atoms with Crippen LogP contribution >= 0.6 is 11.6 Å². The Morgan fingerprint density at radius 3 is 2.60 bits per heavy atom. The van der Waals surface area contributed by atoms with Gasteiger partial charge in [-0.15, -0.1) is 10.2 Å². The van der Waals surface area contributed by atoms with Gasteiger partial charge in [0, 0.05) is 38.0 Å². The molecule has 1 heterocycles. The summed E-state index contributed by atoms with van der Waals surface area (Å²) in [6.45, 7) is 1.05. The van der Waals surface area contributed by atoms with Gasteiger partial charge < -0.3 is 15.5 Å². The van der Waals surface area contributed by atoms with Gasteiger partial charge in [0.1, 0.15) is 0 Å². The summed E-state index contributed by atoms with van der Waals surface area (Å²) in [6, 6.07) is 7.51. The highest BCUT2D eigenvalue weighted by atomic mass is 35.5. The van der Waals surface area contributed by atoms with Crippen molar-refractivity contribution >= 4 is 34.2 Å². The molecule has 0 fully saturated rings. The number of fused-ring (bicyclic) bond motifs is 1. The Bertz CT molecular complexity index is 617. The van der Waals surface area contributed by atoms with E-state index in [1.165, 1.54) is 4.90 Å². The van der Waals surface area contributed by atoms with Gasteiger partial charge in [0.05, 0.1) is 0 Å². The number of carbonyl (C=O) groups excluding carboxylic acids is 1. The van der Waals surface area contributed by atoms with Gasteiger partial charge in [-0.25, -0.2) is 4.79 Å². The standard InChI is InChI=1S/C13H16ClN5O/c1-19(2)13(20)16-8-7-15-12-10-6-4-3-5-9(10)11(14)17-18-12/h3-6H,7-8H2,1-2H3,(H,15,18)(H,16,20). The summed E-state index contributed by atoms with van der Waals surface area (Å²) in [5, 5.41) is 16.0. The number of hydrogen-bond acceptors (Lipinski definition) is 4. The molecule has 0 atom stereocenters. The van der Waals surface area contributed by atoms with E-state index in [0.717, 1.165) is 10.8 Å². The molecule has 0 radical (unpaired) electrons. The highest BCUT2D eigenvalue weighted by Crippen LogP contribution is 2.25. The van der Waals surface area contributed by atoms with Crippen LogP contribution in [0.1, 0.15) is 0 Å². The van der Waals surface area contributed by atoms with Gasteiger partial charge in [-0.2, -0.15) is 0 Å². The van der Waals surface area contributed by atoms with Crippen molar-refractivity contribution in [1.82, 2.24) is 20.4 Å². The smallest absolute Gasteiger partial charge is 0.316 e. The lowest BCUT2D eigenvalue weighted by atomic mass is 10.2. The summed E-state index contributed by atoms with van der Waals surface area (Å²) in [7, 11) is 3.39. The van der Waals surface area contributed by atoms with Crippen molar-refractivity contribution < 1.29 is 4.79 Å². The molecule has 1 aromatic carbocycles. The SMILES string of the molecule is CN(C)C(=O)NCCNc1nnc(Cl)c2ccccc12. The Kier molecular flexibility index (Phi) is 4.57. The Balaban J connectivity index is 2.00. The predicted octanol–water partition coefficient (Wildman–Crippen LogP) is 1.97. The van der Waals surface area contributed by atoms with E-state index < -0.39 is 0 Å². The number of anilines is 1. The summed E-state index contributed by atoms with van der Waals surface area (Å²) in [6.07, 6.45) is 0. The van der Waals surface area contributed by atoms with E-state index in [2.05, 4.69) is 20.8 Å². The topological polar surface area (TPSA) is 70.2 Å². The first kappa shape index (κ1) is 14.3. The molecule has 106 valence electrons. The highest BCUT2D eigenvalue weighted by molar-refractivity contribution is 6.34. The van der Waals surface area contributed by atoms with Gasteiger partial charge in [-0.3, -0.25) is 0 Å². The van der Waals surface area contributed by atoms with Crippen LogP contribution in [0.15, 0.2) is 24.3 Å². The van der Waals surface area contributed by atoms with Crippen LogP contribution in [0.5, 0.6) is 0 Å². The van der Waals surface area contributed by atoms with E-state index >= 15 is 0 Å². The fraction of sp³-hybridized carbons (Fsp3) is 0.308. The number of benzene rings is 1. The van der Waals surface area contributed by atoms with Crippen molar-refractivity contribution in [2.45, 2.75) is 0 Å². The summed E-state index contributed by atoms with van der Waals surface area (Å²) >= 11 is 6.00. The molecule has 0 aliphatic rings. The molecule has 2 rings (SSSR count). The van der Waals surface area contributed by atoms with Crippen LogP contribution in [-0.2, 0) is 0 Å². The van der Waals surface area contributed by atoms with Crippen LogP contribution in [-0.4, -0.2) is 48.3 Å². The summed E-state index contributed by atoms with van der Waals surface area (Å²) < 4.78 is 0. The average molecular weight is 294 g/mol. The van der Waals surface area contributed by atoms with E-state index in [9.17, 15) is 4.79 Å². The fourth-order valence-corrected chi connectivity index (χ4v) is 1.91. The van der Waals surface area contributed by atoms with E-state index in [1.54, 1.807) is 14.1 Å². The van der Waals surface area contributed by atoms with Crippen LogP contribution in [0.25, 0.3) is 10.8 Å². The number of rotatable bonds is 4. The van der Waals surface area contributed by atoms with Crippen LogP contribution in [0, 0.1) is 0 Å². The Morgan fingerprint density at radius 2 is 1.90 bits per heavy atom. The Labute approximate surface area is 122 Å². The molecule has 20 heavy (non-hydrogen) atoms. The second-order valence-electron chi connectivity index (χ2n) is 4.44.